The van der Waals surface area contributed by atoms with Crippen molar-refractivity contribution in [3.05, 3.63) is 40.8 Å². The van der Waals surface area contributed by atoms with Crippen LogP contribution in [0.2, 0.25) is 0 Å². The van der Waals surface area contributed by atoms with Crippen molar-refractivity contribution in [1.82, 2.24) is 4.90 Å². The maximum Gasteiger partial charge on any atom is 0.325 e. The number of rotatable bonds is 3. The largest absolute Gasteiger partial charge is 0.468 e. The van der Waals surface area contributed by atoms with Gasteiger partial charge in [0.1, 0.15) is 10.9 Å². The van der Waals surface area contributed by atoms with Crippen LogP contribution in [0.3, 0.4) is 0 Å². The fourth-order valence-electron chi connectivity index (χ4n) is 1.53. The number of hydrogen-bond acceptors (Lipinski definition) is 5. The molecule has 1 fully saturated rings. The van der Waals surface area contributed by atoms with Gasteiger partial charge in [0.15, 0.2) is 0 Å². The standard InChI is InChI=1S/C13H11NO3S2/c1-17-11(15)8-14-12(16)10(19-13(14)18)7-9-5-3-2-4-6-9/h2-7H,8H2,1H3/b10-7-. The van der Waals surface area contributed by atoms with Gasteiger partial charge in [0, 0.05) is 0 Å². The highest BCUT2D eigenvalue weighted by Crippen LogP contribution is 2.32. The summed E-state index contributed by atoms with van der Waals surface area (Å²) < 4.78 is 4.91. The molecule has 0 unspecified atom stereocenters. The number of carbonyl (C=O) groups excluding carboxylic acids is 2. The van der Waals surface area contributed by atoms with Gasteiger partial charge in [-0.3, -0.25) is 14.5 Å². The minimum Gasteiger partial charge on any atom is -0.468 e. The van der Waals surface area contributed by atoms with Crippen LogP contribution in [-0.4, -0.2) is 34.8 Å². The summed E-state index contributed by atoms with van der Waals surface area (Å²) in [5.41, 5.74) is 0.918. The smallest absolute Gasteiger partial charge is 0.325 e. The summed E-state index contributed by atoms with van der Waals surface area (Å²) in [6.07, 6.45) is 1.76. The van der Waals surface area contributed by atoms with Gasteiger partial charge in [-0.15, -0.1) is 0 Å². The maximum atomic E-state index is 12.1. The van der Waals surface area contributed by atoms with Crippen LogP contribution >= 0.6 is 24.0 Å². The predicted molar refractivity (Wildman–Crippen MR) is 78.3 cm³/mol. The average Bonchev–Trinajstić information content (AvgIpc) is 2.67. The number of hydrogen-bond donors (Lipinski definition) is 0. The van der Waals surface area contributed by atoms with Crippen LogP contribution < -0.4 is 0 Å². The van der Waals surface area contributed by atoms with Crippen molar-refractivity contribution in [2.75, 3.05) is 13.7 Å². The Kier molecular flexibility index (Phi) is 4.34. The predicted octanol–water partition coefficient (Wildman–Crippen LogP) is 2.06. The lowest BCUT2D eigenvalue weighted by Gasteiger charge is -2.11. The summed E-state index contributed by atoms with van der Waals surface area (Å²) in [5.74, 6) is -0.749. The Morgan fingerprint density at radius 3 is 2.74 bits per heavy atom. The van der Waals surface area contributed by atoms with Gasteiger partial charge in [0.25, 0.3) is 5.91 Å². The second-order valence-corrected chi connectivity index (χ2v) is 5.43. The third-order valence-electron chi connectivity index (χ3n) is 2.49. The second-order valence-electron chi connectivity index (χ2n) is 3.75. The van der Waals surface area contributed by atoms with Gasteiger partial charge >= 0.3 is 5.97 Å². The van der Waals surface area contributed by atoms with Crippen LogP contribution in [0, 0.1) is 0 Å². The summed E-state index contributed by atoms with van der Waals surface area (Å²) in [6, 6.07) is 9.47. The van der Waals surface area contributed by atoms with E-state index >= 15 is 0 Å². The van der Waals surface area contributed by atoms with Crippen molar-refractivity contribution in [2.45, 2.75) is 0 Å². The van der Waals surface area contributed by atoms with Crippen LogP contribution in [0.5, 0.6) is 0 Å². The van der Waals surface area contributed by atoms with Crippen LogP contribution in [0.4, 0.5) is 0 Å². The quantitative estimate of drug-likeness (QED) is 0.485. The molecule has 0 aromatic heterocycles. The number of methoxy groups -OCH3 is 1. The Morgan fingerprint density at radius 1 is 1.42 bits per heavy atom. The Labute approximate surface area is 120 Å². The molecule has 1 heterocycles. The Morgan fingerprint density at radius 2 is 2.11 bits per heavy atom. The topological polar surface area (TPSA) is 46.6 Å². The number of thioether (sulfide) groups is 1. The third-order valence-corrected chi connectivity index (χ3v) is 3.86. The third kappa shape index (κ3) is 3.21. The fourth-order valence-corrected chi connectivity index (χ4v) is 2.79. The van der Waals surface area contributed by atoms with Crippen LogP contribution in [0.25, 0.3) is 6.08 Å². The first-order valence-corrected chi connectivity index (χ1v) is 6.71. The van der Waals surface area contributed by atoms with Crippen LogP contribution in [-0.2, 0) is 14.3 Å². The highest BCUT2D eigenvalue weighted by molar-refractivity contribution is 8.26. The van der Waals surface area contributed by atoms with Crippen LogP contribution in [0.1, 0.15) is 5.56 Å². The lowest BCUT2D eigenvalue weighted by Crippen LogP contribution is -2.33. The lowest BCUT2D eigenvalue weighted by atomic mass is 10.2. The molecule has 0 atom stereocenters. The Bertz CT molecular complexity index is 554. The van der Waals surface area contributed by atoms with E-state index in [1.807, 2.05) is 30.3 Å². The summed E-state index contributed by atoms with van der Waals surface area (Å²) >= 11 is 6.29. The first-order valence-electron chi connectivity index (χ1n) is 5.49. The molecule has 0 bridgehead atoms. The molecule has 0 aliphatic carbocycles. The maximum absolute atomic E-state index is 12.1. The summed E-state index contributed by atoms with van der Waals surface area (Å²) in [5, 5.41) is 0. The number of benzene rings is 1. The number of thiocarbonyl (C=S) groups is 1. The molecule has 1 amide bonds. The molecular formula is C13H11NO3S2. The van der Waals surface area contributed by atoms with Crippen molar-refractivity contribution >= 4 is 46.3 Å². The molecule has 1 aliphatic heterocycles. The van der Waals surface area contributed by atoms with E-state index in [9.17, 15) is 9.59 Å². The normalized spacial score (nSPS) is 17.1. The van der Waals surface area contributed by atoms with Gasteiger partial charge < -0.3 is 4.74 Å². The lowest BCUT2D eigenvalue weighted by molar-refractivity contribution is -0.143. The summed E-state index contributed by atoms with van der Waals surface area (Å²) in [6.45, 7) is -0.146. The summed E-state index contributed by atoms with van der Waals surface area (Å²) in [7, 11) is 1.28. The minimum absolute atomic E-state index is 0.146. The van der Waals surface area contributed by atoms with Gasteiger partial charge in [0.2, 0.25) is 0 Å². The van der Waals surface area contributed by atoms with E-state index in [0.717, 1.165) is 5.56 Å². The number of amides is 1. The number of nitrogens with zero attached hydrogens (tertiary/aromatic N) is 1. The minimum atomic E-state index is -0.489. The van der Waals surface area contributed by atoms with Gasteiger partial charge in [-0.05, 0) is 11.6 Å². The highest BCUT2D eigenvalue weighted by Gasteiger charge is 2.33. The zero-order valence-corrected chi connectivity index (χ0v) is 11.8. The van der Waals surface area contributed by atoms with E-state index < -0.39 is 5.97 Å². The van der Waals surface area contributed by atoms with Crippen molar-refractivity contribution in [3.8, 4) is 0 Å². The van der Waals surface area contributed by atoms with Crippen molar-refractivity contribution in [3.63, 3.8) is 0 Å². The van der Waals surface area contributed by atoms with Gasteiger partial charge in [-0.2, -0.15) is 0 Å². The molecule has 1 aromatic rings. The molecular weight excluding hydrogens is 282 g/mol. The first kappa shape index (κ1) is 13.8. The summed E-state index contributed by atoms with van der Waals surface area (Å²) in [4.78, 5) is 25.1. The molecule has 1 aliphatic rings. The van der Waals surface area contributed by atoms with Crippen molar-refractivity contribution < 1.29 is 14.3 Å². The molecule has 2 rings (SSSR count). The molecule has 1 saturated heterocycles. The Hall–Kier alpha value is -1.66. The Balaban J connectivity index is 2.18. The molecule has 19 heavy (non-hydrogen) atoms. The zero-order chi connectivity index (χ0) is 13.8. The van der Waals surface area contributed by atoms with Gasteiger partial charge in [-0.25, -0.2) is 0 Å². The van der Waals surface area contributed by atoms with E-state index in [1.54, 1.807) is 6.08 Å². The van der Waals surface area contributed by atoms with Gasteiger partial charge in [-0.1, -0.05) is 54.3 Å². The molecule has 0 saturated carbocycles. The molecule has 6 heteroatoms. The molecule has 98 valence electrons. The monoisotopic (exact) mass is 293 g/mol. The molecule has 1 aromatic carbocycles. The molecule has 0 spiro atoms. The van der Waals surface area contributed by atoms with E-state index in [0.29, 0.717) is 9.23 Å². The fraction of sp³-hybridized carbons (Fsp3) is 0.154. The molecule has 4 nitrogen and oxygen atoms in total. The number of carbonyl (C=O) groups is 2. The first-order chi connectivity index (χ1) is 9.11. The van der Waals surface area contributed by atoms with Crippen LogP contribution in [0.15, 0.2) is 35.2 Å². The SMILES string of the molecule is COC(=O)CN1C(=O)/C(=C/c2ccccc2)SC1=S. The highest BCUT2D eigenvalue weighted by atomic mass is 32.2. The van der Waals surface area contributed by atoms with E-state index in [4.69, 9.17) is 12.2 Å². The van der Waals surface area contributed by atoms with E-state index in [1.165, 1.54) is 23.8 Å². The average molecular weight is 293 g/mol. The zero-order valence-electron chi connectivity index (χ0n) is 10.2. The number of esters is 1. The van der Waals surface area contributed by atoms with E-state index in [-0.39, 0.29) is 12.5 Å². The van der Waals surface area contributed by atoms with Crippen molar-refractivity contribution in [2.24, 2.45) is 0 Å². The molecule has 0 N–H and O–H groups in total. The second kappa shape index (κ2) is 5.99. The van der Waals surface area contributed by atoms with E-state index in [2.05, 4.69) is 4.74 Å². The van der Waals surface area contributed by atoms with Gasteiger partial charge in [0.05, 0.1) is 12.0 Å². The van der Waals surface area contributed by atoms with Crippen molar-refractivity contribution in [1.29, 1.82) is 0 Å². The number of ether oxygens (including phenoxy) is 1. The molecule has 0 radical (unpaired) electrons.